The molecule has 1 unspecified atom stereocenters. The number of benzene rings is 2. The number of anilines is 1. The third kappa shape index (κ3) is 4.17. The zero-order valence-corrected chi connectivity index (χ0v) is 15.6. The molecule has 2 heteroatoms. The van der Waals surface area contributed by atoms with E-state index in [0.717, 1.165) is 12.0 Å². The van der Waals surface area contributed by atoms with Crippen LogP contribution in [0.15, 0.2) is 48.5 Å². The average molecular weight is 327 g/mol. The lowest BCUT2D eigenvalue weighted by Crippen LogP contribution is -2.28. The number of hydrogen-bond donors (Lipinski definition) is 0. The maximum atomic E-state index is 14.0. The molecule has 0 aliphatic rings. The Morgan fingerprint density at radius 1 is 1.04 bits per heavy atom. The van der Waals surface area contributed by atoms with E-state index in [1.165, 1.54) is 16.8 Å². The van der Waals surface area contributed by atoms with Crippen LogP contribution in [-0.2, 0) is 18.3 Å². The van der Waals surface area contributed by atoms with E-state index in [4.69, 9.17) is 0 Å². The molecule has 2 aromatic carbocycles. The number of aryl methyl sites for hydroxylation is 1. The monoisotopic (exact) mass is 327 g/mol. The molecule has 0 spiro atoms. The minimum absolute atomic E-state index is 0.358. The van der Waals surface area contributed by atoms with Gasteiger partial charge in [0.2, 0.25) is 0 Å². The molecule has 0 radical (unpaired) electrons. The number of alkyl halides is 1. The zero-order valence-electron chi connectivity index (χ0n) is 15.6. The summed E-state index contributed by atoms with van der Waals surface area (Å²) in [5.74, 6) is 0. The zero-order chi connectivity index (χ0) is 17.7. The highest BCUT2D eigenvalue weighted by molar-refractivity contribution is 5.49. The summed E-state index contributed by atoms with van der Waals surface area (Å²) in [5, 5.41) is 0. The highest BCUT2D eigenvalue weighted by Gasteiger charge is 2.27. The van der Waals surface area contributed by atoms with Gasteiger partial charge in [0.05, 0.1) is 6.67 Å². The second kappa shape index (κ2) is 7.83. The van der Waals surface area contributed by atoms with Gasteiger partial charge in [0.15, 0.2) is 0 Å². The average Bonchev–Trinajstić information content (AvgIpc) is 2.61. The Balaban J connectivity index is 2.27. The molecule has 0 aliphatic heterocycles. The summed E-state index contributed by atoms with van der Waals surface area (Å²) in [6, 6.07) is 17.3. The Morgan fingerprint density at radius 3 is 2.25 bits per heavy atom. The lowest BCUT2D eigenvalue weighted by molar-refractivity contribution is 0.325. The van der Waals surface area contributed by atoms with Crippen molar-refractivity contribution in [3.05, 3.63) is 65.2 Å². The summed E-state index contributed by atoms with van der Waals surface area (Å²) in [7, 11) is 2.10. The Morgan fingerprint density at radius 2 is 1.71 bits per heavy atom. The van der Waals surface area contributed by atoms with Crippen LogP contribution in [0.1, 0.15) is 44.4 Å². The molecular weight excluding hydrogens is 297 g/mol. The first-order valence-corrected chi connectivity index (χ1v) is 8.87. The quantitative estimate of drug-likeness (QED) is 0.643. The lowest BCUT2D eigenvalue weighted by Gasteiger charge is -2.29. The predicted molar refractivity (Wildman–Crippen MR) is 103 cm³/mol. The Hall–Kier alpha value is -1.83. The number of hydrogen-bond acceptors (Lipinski definition) is 1. The summed E-state index contributed by atoms with van der Waals surface area (Å²) >= 11 is 0. The van der Waals surface area contributed by atoms with Crippen molar-refractivity contribution in [1.82, 2.24) is 0 Å². The van der Waals surface area contributed by atoms with Crippen molar-refractivity contribution in [2.24, 2.45) is 0 Å². The molecule has 0 N–H and O–H groups in total. The van der Waals surface area contributed by atoms with Gasteiger partial charge in [-0.1, -0.05) is 50.2 Å². The van der Waals surface area contributed by atoms with Gasteiger partial charge in [0.1, 0.15) is 0 Å². The first-order chi connectivity index (χ1) is 11.4. The summed E-state index contributed by atoms with van der Waals surface area (Å²) in [5.41, 5.74) is 4.25. The van der Waals surface area contributed by atoms with E-state index in [1.807, 2.05) is 6.92 Å². The van der Waals surface area contributed by atoms with Crippen LogP contribution in [-0.4, -0.2) is 19.8 Å². The summed E-state index contributed by atoms with van der Waals surface area (Å²) < 4.78 is 14.0. The fourth-order valence-corrected chi connectivity index (χ4v) is 3.00. The van der Waals surface area contributed by atoms with Crippen LogP contribution in [0.5, 0.6) is 0 Å². The minimum atomic E-state index is -0.485. The van der Waals surface area contributed by atoms with Crippen molar-refractivity contribution < 1.29 is 4.39 Å². The fourth-order valence-electron chi connectivity index (χ4n) is 3.00. The second-order valence-corrected chi connectivity index (χ2v) is 7.30. The van der Waals surface area contributed by atoms with Gasteiger partial charge in [-0.3, -0.25) is 4.39 Å². The molecule has 0 amide bonds. The van der Waals surface area contributed by atoms with E-state index in [0.29, 0.717) is 12.5 Å². The summed E-state index contributed by atoms with van der Waals surface area (Å²) in [6.07, 6.45) is 1.71. The first kappa shape index (κ1) is 18.5. The van der Waals surface area contributed by atoms with Crippen LogP contribution < -0.4 is 4.90 Å². The topological polar surface area (TPSA) is 3.24 Å². The van der Waals surface area contributed by atoms with E-state index >= 15 is 0 Å². The smallest absolute Gasteiger partial charge is 0.0991 e. The van der Waals surface area contributed by atoms with E-state index in [-0.39, 0.29) is 6.67 Å². The lowest BCUT2D eigenvalue weighted by atomic mass is 9.78. The van der Waals surface area contributed by atoms with Crippen LogP contribution in [0.3, 0.4) is 0 Å². The van der Waals surface area contributed by atoms with E-state index < -0.39 is 5.41 Å². The van der Waals surface area contributed by atoms with Crippen molar-refractivity contribution in [2.75, 3.05) is 18.6 Å². The van der Waals surface area contributed by atoms with Gasteiger partial charge in [-0.25, -0.2) is 0 Å². The molecule has 2 aromatic rings. The standard InChI is InChI=1S/C22H30FN/c1-6-18-10-12-20(13-11-18)22(4,16-23)15-19-8-7-9-21(14-19)24(5)17(2)3/h7-14,17H,6,15-16H2,1-5H3. The van der Waals surface area contributed by atoms with Gasteiger partial charge < -0.3 is 4.90 Å². The van der Waals surface area contributed by atoms with Crippen LogP contribution in [0.2, 0.25) is 0 Å². The van der Waals surface area contributed by atoms with Gasteiger partial charge in [-0.05, 0) is 55.5 Å². The maximum Gasteiger partial charge on any atom is 0.0991 e. The molecule has 0 aromatic heterocycles. The molecule has 1 nitrogen and oxygen atoms in total. The largest absolute Gasteiger partial charge is 0.372 e. The molecule has 24 heavy (non-hydrogen) atoms. The van der Waals surface area contributed by atoms with Crippen molar-refractivity contribution in [1.29, 1.82) is 0 Å². The molecule has 0 fully saturated rings. The van der Waals surface area contributed by atoms with E-state index in [9.17, 15) is 4.39 Å². The molecule has 0 aliphatic carbocycles. The predicted octanol–water partition coefficient (Wildman–Crippen LogP) is 5.56. The highest BCUT2D eigenvalue weighted by Crippen LogP contribution is 2.30. The Labute approximate surface area is 146 Å². The minimum Gasteiger partial charge on any atom is -0.372 e. The van der Waals surface area contributed by atoms with Gasteiger partial charge in [0.25, 0.3) is 0 Å². The number of rotatable bonds is 7. The van der Waals surface area contributed by atoms with E-state index in [1.54, 1.807) is 0 Å². The Bertz CT molecular complexity index is 647. The van der Waals surface area contributed by atoms with Gasteiger partial charge in [-0.15, -0.1) is 0 Å². The summed E-state index contributed by atoms with van der Waals surface area (Å²) in [4.78, 5) is 2.24. The third-order valence-electron chi connectivity index (χ3n) is 5.04. The van der Waals surface area contributed by atoms with Crippen LogP contribution >= 0.6 is 0 Å². The maximum absolute atomic E-state index is 14.0. The molecule has 0 saturated heterocycles. The molecule has 130 valence electrons. The van der Waals surface area contributed by atoms with Crippen LogP contribution in [0.25, 0.3) is 0 Å². The van der Waals surface area contributed by atoms with E-state index in [2.05, 4.69) is 81.2 Å². The van der Waals surface area contributed by atoms with Crippen molar-refractivity contribution in [3.63, 3.8) is 0 Å². The molecule has 1 atom stereocenters. The van der Waals surface area contributed by atoms with Crippen molar-refractivity contribution in [3.8, 4) is 0 Å². The Kier molecular flexibility index (Phi) is 6.04. The first-order valence-electron chi connectivity index (χ1n) is 8.87. The van der Waals surface area contributed by atoms with Gasteiger partial charge in [0, 0.05) is 24.2 Å². The highest BCUT2D eigenvalue weighted by atomic mass is 19.1. The van der Waals surface area contributed by atoms with Crippen LogP contribution in [0.4, 0.5) is 10.1 Å². The summed E-state index contributed by atoms with van der Waals surface area (Å²) in [6.45, 7) is 8.15. The molecule has 0 saturated carbocycles. The molecule has 2 rings (SSSR count). The number of nitrogens with zero attached hydrogens (tertiary/aromatic N) is 1. The van der Waals surface area contributed by atoms with Crippen LogP contribution in [0, 0.1) is 0 Å². The normalized spacial score (nSPS) is 13.8. The molecular formula is C22H30FN. The fraction of sp³-hybridized carbons (Fsp3) is 0.455. The second-order valence-electron chi connectivity index (χ2n) is 7.30. The van der Waals surface area contributed by atoms with Crippen molar-refractivity contribution in [2.45, 2.75) is 52.0 Å². The van der Waals surface area contributed by atoms with Gasteiger partial charge >= 0.3 is 0 Å². The van der Waals surface area contributed by atoms with Crippen molar-refractivity contribution >= 4 is 5.69 Å². The number of halogens is 1. The third-order valence-corrected chi connectivity index (χ3v) is 5.04. The molecule has 0 heterocycles. The SMILES string of the molecule is CCc1ccc(C(C)(CF)Cc2cccc(N(C)C(C)C)c2)cc1. The molecule has 0 bridgehead atoms. The van der Waals surface area contributed by atoms with Gasteiger partial charge in [-0.2, -0.15) is 0 Å².